The molecule has 1 aliphatic carbocycles. The van der Waals surface area contributed by atoms with Crippen LogP contribution < -0.4 is 10.6 Å². The van der Waals surface area contributed by atoms with Crippen molar-refractivity contribution in [3.8, 4) is 10.7 Å². The summed E-state index contributed by atoms with van der Waals surface area (Å²) in [4.78, 5) is 33.5. The van der Waals surface area contributed by atoms with Gasteiger partial charge in [-0.05, 0) is 37.1 Å². The molecule has 37 heavy (non-hydrogen) atoms. The van der Waals surface area contributed by atoms with Crippen molar-refractivity contribution < 1.29 is 22.8 Å². The van der Waals surface area contributed by atoms with E-state index < -0.39 is 30.8 Å². The van der Waals surface area contributed by atoms with Gasteiger partial charge in [0.05, 0.1) is 18.8 Å². The van der Waals surface area contributed by atoms with Crippen molar-refractivity contribution in [3.05, 3.63) is 53.0 Å². The average Bonchev–Trinajstić information content (AvgIpc) is 3.47. The lowest BCUT2D eigenvalue weighted by Crippen LogP contribution is -2.42. The molecule has 3 aromatic heterocycles. The Hall–Kier alpha value is -3.61. The number of hydrogen-bond donors (Lipinski definition) is 2. The van der Waals surface area contributed by atoms with Crippen LogP contribution in [0.3, 0.4) is 0 Å². The summed E-state index contributed by atoms with van der Waals surface area (Å²) in [5.74, 6) is -3.47. The molecule has 1 aliphatic heterocycles. The lowest BCUT2D eigenvalue weighted by molar-refractivity contribution is -0.131. The van der Waals surface area contributed by atoms with Crippen molar-refractivity contribution in [2.45, 2.75) is 49.6 Å². The normalized spacial score (nSPS) is 19.8. The van der Waals surface area contributed by atoms with Crippen LogP contribution in [0.4, 0.5) is 19.0 Å². The molecule has 0 radical (unpaired) electrons. The van der Waals surface area contributed by atoms with E-state index in [9.17, 15) is 22.8 Å². The molecule has 1 atom stereocenters. The molecule has 1 unspecified atom stereocenters. The van der Waals surface area contributed by atoms with Crippen molar-refractivity contribution in [1.82, 2.24) is 30.4 Å². The number of pyridine rings is 1. The summed E-state index contributed by atoms with van der Waals surface area (Å²) in [6, 6.07) is 5.34. The smallest absolute Gasteiger partial charge is 0.267 e. The molecule has 2 fully saturated rings. The second-order valence-corrected chi connectivity index (χ2v) is 10.4. The molecule has 5 rings (SSSR count). The minimum atomic E-state index is -3.08. The summed E-state index contributed by atoms with van der Waals surface area (Å²) in [7, 11) is 0. The molecular weight excluding hydrogens is 507 g/mol. The number of carbonyl (C=O) groups excluding carboxylic acids is 2. The van der Waals surface area contributed by atoms with Gasteiger partial charge in [0.2, 0.25) is 12.3 Å². The molecule has 0 aromatic carbocycles. The summed E-state index contributed by atoms with van der Waals surface area (Å²) in [6.07, 6.45) is 5.44. The van der Waals surface area contributed by atoms with E-state index in [-0.39, 0.29) is 24.2 Å². The molecular formula is C24H24F3N7O2S. The van der Waals surface area contributed by atoms with Crippen molar-refractivity contribution >= 4 is 29.5 Å². The molecule has 2 N–H and O–H groups in total. The summed E-state index contributed by atoms with van der Waals surface area (Å²) in [5.41, 5.74) is 0.642. The number of carbonyl (C=O) groups is 2. The predicted octanol–water partition coefficient (Wildman–Crippen LogP) is 3.15. The minimum absolute atomic E-state index is 0.0878. The number of nitrogens with one attached hydrogen (secondary N) is 2. The number of rotatable bonds is 9. The Morgan fingerprint density at radius 1 is 1.22 bits per heavy atom. The van der Waals surface area contributed by atoms with Crippen LogP contribution >= 0.6 is 11.3 Å². The number of nitrogens with zero attached hydrogens (tertiary/aromatic N) is 5. The number of thiazole rings is 1. The van der Waals surface area contributed by atoms with Crippen LogP contribution in [0.25, 0.3) is 10.7 Å². The zero-order chi connectivity index (χ0) is 26.0. The minimum Gasteiger partial charge on any atom is -0.368 e. The molecule has 0 spiro atoms. The molecule has 0 bridgehead atoms. The van der Waals surface area contributed by atoms with E-state index in [1.807, 2.05) is 0 Å². The predicted molar refractivity (Wildman–Crippen MR) is 129 cm³/mol. The third kappa shape index (κ3) is 5.26. The number of alkyl halides is 2. The maximum Gasteiger partial charge on any atom is 0.267 e. The summed E-state index contributed by atoms with van der Waals surface area (Å²) < 4.78 is 41.5. The summed E-state index contributed by atoms with van der Waals surface area (Å²) >= 11 is 1.28. The van der Waals surface area contributed by atoms with E-state index >= 15 is 0 Å². The third-order valence-electron chi connectivity index (χ3n) is 6.80. The van der Waals surface area contributed by atoms with Gasteiger partial charge in [-0.2, -0.15) is 0 Å². The quantitative estimate of drug-likeness (QED) is 0.408. The Labute approximate surface area is 214 Å². The van der Waals surface area contributed by atoms with Gasteiger partial charge >= 0.3 is 0 Å². The van der Waals surface area contributed by atoms with Crippen molar-refractivity contribution in [1.29, 1.82) is 0 Å². The Morgan fingerprint density at radius 2 is 2.05 bits per heavy atom. The Bertz CT molecular complexity index is 1280. The van der Waals surface area contributed by atoms with E-state index in [1.54, 1.807) is 30.6 Å². The highest BCUT2D eigenvalue weighted by Crippen LogP contribution is 2.43. The maximum atomic E-state index is 14.3. The molecule has 2 aliphatic rings. The van der Waals surface area contributed by atoms with Crippen LogP contribution in [0, 0.1) is 5.82 Å². The fourth-order valence-corrected chi connectivity index (χ4v) is 5.49. The van der Waals surface area contributed by atoms with Crippen molar-refractivity contribution in [2.75, 3.05) is 18.4 Å². The van der Waals surface area contributed by atoms with Gasteiger partial charge in [-0.1, -0.05) is 6.42 Å². The van der Waals surface area contributed by atoms with Crippen LogP contribution in [0.5, 0.6) is 0 Å². The van der Waals surface area contributed by atoms with E-state index in [1.165, 1.54) is 17.4 Å². The van der Waals surface area contributed by atoms with Gasteiger partial charge in [0.1, 0.15) is 28.4 Å². The molecule has 4 heterocycles. The number of likely N-dealkylation sites (tertiary alicyclic amines) is 1. The lowest BCUT2D eigenvalue weighted by atomic mass is 9.66. The zero-order valence-corrected chi connectivity index (χ0v) is 20.5. The maximum absolute atomic E-state index is 14.3. The first kappa shape index (κ1) is 25.1. The van der Waals surface area contributed by atoms with E-state index in [2.05, 4.69) is 30.8 Å². The van der Waals surface area contributed by atoms with Crippen molar-refractivity contribution in [3.63, 3.8) is 0 Å². The summed E-state index contributed by atoms with van der Waals surface area (Å²) in [5, 5.41) is 14.9. The van der Waals surface area contributed by atoms with E-state index in [4.69, 9.17) is 0 Å². The number of aromatic nitrogens is 4. The Morgan fingerprint density at radius 3 is 2.73 bits per heavy atom. The second kappa shape index (κ2) is 10.0. The monoisotopic (exact) mass is 531 g/mol. The SMILES string of the molecule is O=CN1CC(F)(F)CC1C(=O)NCc1cnc(-c2ccc(NCC3(c4ncccc4F)CCC3)nn2)s1. The standard InChI is InChI=1S/C24H24F3N7O2S/c25-16-3-1-8-28-20(16)23(6-2-7-23)12-31-19-5-4-17(32-33-19)22-30-11-15(37-22)10-29-21(36)18-9-24(26,27)13-34(18)14-35/h1,3-5,8,11,14,18H,2,6-7,9-10,12-13H2,(H,29,36)(H,31,33). The fraction of sp³-hybridized carbons (Fsp3) is 0.417. The number of anilines is 1. The fourth-order valence-electron chi connectivity index (χ4n) is 4.67. The first-order valence-corrected chi connectivity index (χ1v) is 12.6. The molecule has 3 aromatic rings. The van der Waals surface area contributed by atoms with Gasteiger partial charge in [-0.3, -0.25) is 14.6 Å². The average molecular weight is 532 g/mol. The van der Waals surface area contributed by atoms with Crippen LogP contribution in [-0.2, 0) is 21.5 Å². The van der Waals surface area contributed by atoms with Gasteiger partial charge < -0.3 is 15.5 Å². The van der Waals surface area contributed by atoms with Crippen LogP contribution in [0.2, 0.25) is 0 Å². The molecule has 9 nitrogen and oxygen atoms in total. The van der Waals surface area contributed by atoms with Gasteiger partial charge in [0.15, 0.2) is 0 Å². The molecule has 13 heteroatoms. The second-order valence-electron chi connectivity index (χ2n) is 9.33. The molecule has 2 amide bonds. The first-order valence-electron chi connectivity index (χ1n) is 11.8. The molecule has 194 valence electrons. The largest absolute Gasteiger partial charge is 0.368 e. The van der Waals surface area contributed by atoms with Gasteiger partial charge in [-0.25, -0.2) is 18.2 Å². The van der Waals surface area contributed by atoms with Crippen LogP contribution in [0.1, 0.15) is 36.3 Å². The van der Waals surface area contributed by atoms with E-state index in [0.717, 1.165) is 24.2 Å². The van der Waals surface area contributed by atoms with E-state index in [0.29, 0.717) is 33.6 Å². The lowest BCUT2D eigenvalue weighted by Gasteiger charge is -2.41. The molecule has 1 saturated carbocycles. The molecule has 1 saturated heterocycles. The number of hydrogen-bond acceptors (Lipinski definition) is 8. The highest BCUT2D eigenvalue weighted by Gasteiger charge is 2.47. The van der Waals surface area contributed by atoms with Crippen LogP contribution in [0.15, 0.2) is 36.7 Å². The summed E-state index contributed by atoms with van der Waals surface area (Å²) in [6.45, 7) is -0.182. The number of halogens is 3. The third-order valence-corrected chi connectivity index (χ3v) is 7.82. The Balaban J connectivity index is 1.17. The first-order chi connectivity index (χ1) is 17.8. The van der Waals surface area contributed by atoms with Gasteiger partial charge in [0.25, 0.3) is 5.92 Å². The van der Waals surface area contributed by atoms with Crippen molar-refractivity contribution in [2.24, 2.45) is 0 Å². The zero-order valence-electron chi connectivity index (χ0n) is 19.7. The highest BCUT2D eigenvalue weighted by atomic mass is 32.1. The van der Waals surface area contributed by atoms with Gasteiger partial charge in [0, 0.05) is 35.7 Å². The Kier molecular flexibility index (Phi) is 6.80. The highest BCUT2D eigenvalue weighted by molar-refractivity contribution is 7.15. The number of amides is 2. The van der Waals surface area contributed by atoms with Gasteiger partial charge in [-0.15, -0.1) is 21.5 Å². The topological polar surface area (TPSA) is 113 Å². The van der Waals surface area contributed by atoms with Crippen LogP contribution in [-0.4, -0.2) is 62.4 Å².